The lowest BCUT2D eigenvalue weighted by atomic mass is 9.81. The first kappa shape index (κ1) is 15.3. The van der Waals surface area contributed by atoms with Gasteiger partial charge in [0.2, 0.25) is 5.91 Å². The van der Waals surface area contributed by atoms with Crippen molar-refractivity contribution in [3.63, 3.8) is 0 Å². The summed E-state index contributed by atoms with van der Waals surface area (Å²) in [5, 5.41) is 14.0. The number of H-pyrrole nitrogens is 1. The minimum Gasteiger partial charge on any atom is -0.370 e. The number of fused-ring (bicyclic) bond motifs is 1. The molecular formula is C16H22N6O. The van der Waals surface area contributed by atoms with Crippen LogP contribution in [0.2, 0.25) is 0 Å². The molecule has 0 saturated heterocycles. The number of rotatable bonds is 4. The van der Waals surface area contributed by atoms with Crippen LogP contribution in [0.5, 0.6) is 0 Å². The number of amides is 1. The summed E-state index contributed by atoms with van der Waals surface area (Å²) in [5.41, 5.74) is 6.89. The first-order valence-electron chi connectivity index (χ1n) is 7.94. The van der Waals surface area contributed by atoms with Crippen molar-refractivity contribution < 1.29 is 4.79 Å². The number of anilines is 1. The van der Waals surface area contributed by atoms with Gasteiger partial charge in [-0.25, -0.2) is 4.98 Å². The average molecular weight is 314 g/mol. The van der Waals surface area contributed by atoms with E-state index in [-0.39, 0.29) is 17.8 Å². The Bertz CT molecular complexity index is 701. The fourth-order valence-corrected chi connectivity index (χ4v) is 3.19. The van der Waals surface area contributed by atoms with Crippen LogP contribution in [0.4, 0.5) is 5.69 Å². The van der Waals surface area contributed by atoms with Gasteiger partial charge in [0, 0.05) is 30.2 Å². The van der Waals surface area contributed by atoms with Gasteiger partial charge in [-0.05, 0) is 43.7 Å². The summed E-state index contributed by atoms with van der Waals surface area (Å²) >= 11 is 0. The molecule has 1 fully saturated rings. The first-order chi connectivity index (χ1) is 11.1. The van der Waals surface area contributed by atoms with Crippen molar-refractivity contribution in [1.29, 1.82) is 5.41 Å². The number of nitrogens with two attached hydrogens (primary N) is 1. The summed E-state index contributed by atoms with van der Waals surface area (Å²) in [6, 6.07) is 3.75. The lowest BCUT2D eigenvalue weighted by Crippen LogP contribution is -2.36. The summed E-state index contributed by atoms with van der Waals surface area (Å²) in [6.07, 6.45) is 7.22. The zero-order valence-electron chi connectivity index (χ0n) is 12.9. The predicted molar refractivity (Wildman–Crippen MR) is 90.1 cm³/mol. The number of aromatic amines is 1. The second-order valence-corrected chi connectivity index (χ2v) is 6.10. The molecule has 7 heteroatoms. The van der Waals surface area contributed by atoms with E-state index in [1.807, 2.05) is 18.3 Å². The van der Waals surface area contributed by atoms with E-state index < -0.39 is 0 Å². The molecule has 0 atom stereocenters. The molecule has 0 radical (unpaired) electrons. The first-order valence-corrected chi connectivity index (χ1v) is 7.94. The highest BCUT2D eigenvalue weighted by atomic mass is 16.1. The van der Waals surface area contributed by atoms with Gasteiger partial charge in [-0.3, -0.25) is 10.2 Å². The molecule has 2 aromatic heterocycles. The number of nitrogens with one attached hydrogen (secondary N) is 4. The van der Waals surface area contributed by atoms with E-state index in [4.69, 9.17) is 11.1 Å². The fourth-order valence-electron chi connectivity index (χ4n) is 3.19. The Balaban J connectivity index is 1.56. The molecular weight excluding hydrogens is 292 g/mol. The van der Waals surface area contributed by atoms with Crippen LogP contribution >= 0.6 is 0 Å². The highest BCUT2D eigenvalue weighted by Crippen LogP contribution is 2.30. The molecule has 0 aliphatic heterocycles. The monoisotopic (exact) mass is 314 g/mol. The minimum absolute atomic E-state index is 0.0121. The Morgan fingerprint density at radius 2 is 2.13 bits per heavy atom. The normalized spacial score (nSPS) is 21.0. The lowest BCUT2D eigenvalue weighted by molar-refractivity contribution is -0.121. The Hall–Kier alpha value is -2.57. The lowest BCUT2D eigenvalue weighted by Gasteiger charge is -2.28. The molecule has 0 aromatic carbocycles. The van der Waals surface area contributed by atoms with E-state index in [0.29, 0.717) is 5.92 Å². The van der Waals surface area contributed by atoms with Crippen LogP contribution in [0.15, 0.2) is 24.5 Å². The third-order valence-electron chi connectivity index (χ3n) is 4.52. The molecule has 7 nitrogen and oxygen atoms in total. The number of carbonyl (C=O) groups excluding carboxylic acids is 1. The van der Waals surface area contributed by atoms with Crippen LogP contribution in [0.1, 0.15) is 25.7 Å². The van der Waals surface area contributed by atoms with Crippen LogP contribution in [0.3, 0.4) is 0 Å². The van der Waals surface area contributed by atoms with Crippen LogP contribution in [-0.2, 0) is 4.79 Å². The fraction of sp³-hybridized carbons (Fsp3) is 0.438. The van der Waals surface area contributed by atoms with Crippen molar-refractivity contribution in [1.82, 2.24) is 15.3 Å². The van der Waals surface area contributed by atoms with E-state index in [1.54, 1.807) is 6.20 Å². The molecule has 0 bridgehead atoms. The quantitative estimate of drug-likeness (QED) is 0.436. The summed E-state index contributed by atoms with van der Waals surface area (Å²) < 4.78 is 0. The Labute approximate surface area is 134 Å². The molecule has 1 saturated carbocycles. The minimum atomic E-state index is 0.0121. The third kappa shape index (κ3) is 3.61. The molecule has 1 aliphatic carbocycles. The summed E-state index contributed by atoms with van der Waals surface area (Å²) in [6.45, 7) is 0.720. The molecule has 2 aromatic rings. The second kappa shape index (κ2) is 6.68. The molecule has 122 valence electrons. The SMILES string of the molecule is N=C(N)NC[C@H]1CC[C@H](C(=O)Nc2ccnc3[nH]ccc23)CC1. The van der Waals surface area contributed by atoms with Gasteiger partial charge in [0.25, 0.3) is 0 Å². The van der Waals surface area contributed by atoms with Gasteiger partial charge >= 0.3 is 0 Å². The van der Waals surface area contributed by atoms with E-state index in [9.17, 15) is 4.79 Å². The molecule has 3 rings (SSSR count). The van der Waals surface area contributed by atoms with Crippen molar-refractivity contribution in [2.24, 2.45) is 17.6 Å². The number of guanidine groups is 1. The van der Waals surface area contributed by atoms with Gasteiger partial charge in [-0.15, -0.1) is 0 Å². The largest absolute Gasteiger partial charge is 0.370 e. The summed E-state index contributed by atoms with van der Waals surface area (Å²) in [4.78, 5) is 19.8. The highest BCUT2D eigenvalue weighted by Gasteiger charge is 2.26. The van der Waals surface area contributed by atoms with E-state index >= 15 is 0 Å². The van der Waals surface area contributed by atoms with Crippen LogP contribution in [0.25, 0.3) is 11.0 Å². The van der Waals surface area contributed by atoms with E-state index in [2.05, 4.69) is 20.6 Å². The molecule has 0 spiro atoms. The predicted octanol–water partition coefficient (Wildman–Crippen LogP) is 1.79. The number of pyridine rings is 1. The maximum absolute atomic E-state index is 12.5. The second-order valence-electron chi connectivity index (χ2n) is 6.10. The van der Waals surface area contributed by atoms with Crippen molar-refractivity contribution >= 4 is 28.6 Å². The zero-order valence-corrected chi connectivity index (χ0v) is 12.9. The van der Waals surface area contributed by atoms with Crippen molar-refractivity contribution in [2.75, 3.05) is 11.9 Å². The average Bonchev–Trinajstić information content (AvgIpc) is 3.03. The van der Waals surface area contributed by atoms with E-state index in [0.717, 1.165) is 48.9 Å². The molecule has 23 heavy (non-hydrogen) atoms. The van der Waals surface area contributed by atoms with Crippen molar-refractivity contribution in [3.05, 3.63) is 24.5 Å². The molecule has 1 amide bonds. The topological polar surface area (TPSA) is 120 Å². The summed E-state index contributed by atoms with van der Waals surface area (Å²) in [5.74, 6) is 0.626. The van der Waals surface area contributed by atoms with Crippen molar-refractivity contribution in [3.8, 4) is 0 Å². The number of hydrogen-bond acceptors (Lipinski definition) is 3. The number of carbonyl (C=O) groups is 1. The number of nitrogens with zero attached hydrogens (tertiary/aromatic N) is 1. The van der Waals surface area contributed by atoms with Crippen LogP contribution < -0.4 is 16.4 Å². The smallest absolute Gasteiger partial charge is 0.227 e. The van der Waals surface area contributed by atoms with Crippen molar-refractivity contribution in [2.45, 2.75) is 25.7 Å². The van der Waals surface area contributed by atoms with Crippen LogP contribution in [-0.4, -0.2) is 28.4 Å². The molecule has 1 aliphatic rings. The standard InChI is InChI=1S/C16H22N6O/c17-16(18)21-9-10-1-3-11(4-2-10)15(23)22-13-6-8-20-14-12(13)5-7-19-14/h5-8,10-11H,1-4,9H2,(H4,17,18,21)(H2,19,20,22,23)/t10-,11-. The highest BCUT2D eigenvalue weighted by molar-refractivity contribution is 6.00. The number of hydrogen-bond donors (Lipinski definition) is 5. The van der Waals surface area contributed by atoms with Gasteiger partial charge in [-0.1, -0.05) is 0 Å². The van der Waals surface area contributed by atoms with E-state index in [1.165, 1.54) is 0 Å². The van der Waals surface area contributed by atoms with Crippen LogP contribution in [0, 0.1) is 17.2 Å². The Kier molecular flexibility index (Phi) is 4.45. The maximum atomic E-state index is 12.5. The maximum Gasteiger partial charge on any atom is 0.227 e. The molecule has 0 unspecified atom stereocenters. The van der Waals surface area contributed by atoms with Gasteiger partial charge in [0.15, 0.2) is 5.96 Å². The van der Waals surface area contributed by atoms with Gasteiger partial charge in [0.05, 0.1) is 5.69 Å². The molecule has 6 N–H and O–H groups in total. The third-order valence-corrected chi connectivity index (χ3v) is 4.52. The molecule has 2 heterocycles. The Morgan fingerprint density at radius 1 is 1.35 bits per heavy atom. The Morgan fingerprint density at radius 3 is 2.87 bits per heavy atom. The zero-order chi connectivity index (χ0) is 16.2. The van der Waals surface area contributed by atoms with Gasteiger partial charge < -0.3 is 21.4 Å². The number of aromatic nitrogens is 2. The van der Waals surface area contributed by atoms with Gasteiger partial charge in [-0.2, -0.15) is 0 Å². The summed E-state index contributed by atoms with van der Waals surface area (Å²) in [7, 11) is 0. The van der Waals surface area contributed by atoms with Gasteiger partial charge in [0.1, 0.15) is 5.65 Å².